The van der Waals surface area contributed by atoms with Gasteiger partial charge in [0, 0.05) is 18.1 Å². The molecule has 4 heteroatoms. The summed E-state index contributed by atoms with van der Waals surface area (Å²) in [5.74, 6) is 1.64. The highest BCUT2D eigenvalue weighted by molar-refractivity contribution is 5.57. The van der Waals surface area contributed by atoms with Crippen LogP contribution in [0.2, 0.25) is 0 Å². The predicted molar refractivity (Wildman–Crippen MR) is 84.6 cm³/mol. The Hall–Kier alpha value is -2.75. The van der Waals surface area contributed by atoms with E-state index in [1.165, 1.54) is 0 Å². The van der Waals surface area contributed by atoms with Crippen LogP contribution in [0.5, 0.6) is 5.75 Å². The molecule has 0 amide bonds. The fraction of sp³-hybridized carbons (Fsp3) is 0.118. The van der Waals surface area contributed by atoms with Gasteiger partial charge in [-0.15, -0.1) is 0 Å². The standard InChI is InChI=1S/C17H17N3O/c1-13-12-15(21-2)8-9-16(13)20-11-10-18-17(20)19-14-6-4-3-5-7-14/h3-12H,1-2H3,(H,18,19). The number of nitrogens with zero attached hydrogens (tertiary/aromatic N) is 2. The van der Waals surface area contributed by atoms with E-state index in [1.54, 1.807) is 13.3 Å². The maximum Gasteiger partial charge on any atom is 0.212 e. The lowest BCUT2D eigenvalue weighted by Crippen LogP contribution is -2.02. The van der Waals surface area contributed by atoms with Gasteiger partial charge in [0.05, 0.1) is 12.8 Å². The van der Waals surface area contributed by atoms with Crippen LogP contribution in [0.15, 0.2) is 60.9 Å². The first-order valence-corrected chi connectivity index (χ1v) is 6.78. The summed E-state index contributed by atoms with van der Waals surface area (Å²) in [5, 5.41) is 3.33. The number of imidazole rings is 1. The lowest BCUT2D eigenvalue weighted by atomic mass is 10.2. The number of aryl methyl sites for hydroxylation is 1. The first-order valence-electron chi connectivity index (χ1n) is 6.78. The second-order valence-electron chi connectivity index (χ2n) is 4.76. The fourth-order valence-electron chi connectivity index (χ4n) is 2.27. The summed E-state index contributed by atoms with van der Waals surface area (Å²) in [6.45, 7) is 2.06. The van der Waals surface area contributed by atoms with Gasteiger partial charge in [0.15, 0.2) is 0 Å². The van der Waals surface area contributed by atoms with Crippen molar-refractivity contribution in [1.29, 1.82) is 0 Å². The molecule has 3 aromatic rings. The molecule has 1 N–H and O–H groups in total. The Labute approximate surface area is 124 Å². The van der Waals surface area contributed by atoms with Crippen molar-refractivity contribution in [3.05, 3.63) is 66.5 Å². The van der Waals surface area contributed by atoms with Crippen molar-refractivity contribution in [2.75, 3.05) is 12.4 Å². The molecule has 4 nitrogen and oxygen atoms in total. The van der Waals surface area contributed by atoms with Gasteiger partial charge in [0.1, 0.15) is 5.75 Å². The summed E-state index contributed by atoms with van der Waals surface area (Å²) < 4.78 is 7.28. The SMILES string of the molecule is COc1ccc(-n2ccnc2Nc2ccccc2)c(C)c1. The minimum Gasteiger partial charge on any atom is -0.497 e. The van der Waals surface area contributed by atoms with Gasteiger partial charge in [-0.3, -0.25) is 4.57 Å². The van der Waals surface area contributed by atoms with Crippen LogP contribution in [-0.2, 0) is 0 Å². The number of para-hydroxylation sites is 1. The molecule has 0 spiro atoms. The Morgan fingerprint density at radius 3 is 2.62 bits per heavy atom. The average molecular weight is 279 g/mol. The molecular formula is C17H17N3O. The molecule has 0 saturated heterocycles. The molecule has 1 aromatic heterocycles. The number of rotatable bonds is 4. The third-order valence-corrected chi connectivity index (χ3v) is 3.33. The van der Waals surface area contributed by atoms with E-state index in [-0.39, 0.29) is 0 Å². The number of aromatic nitrogens is 2. The Kier molecular flexibility index (Phi) is 3.60. The van der Waals surface area contributed by atoms with Gasteiger partial charge in [-0.25, -0.2) is 4.98 Å². The van der Waals surface area contributed by atoms with Crippen molar-refractivity contribution < 1.29 is 4.74 Å². The summed E-state index contributed by atoms with van der Waals surface area (Å²) in [4.78, 5) is 4.39. The molecule has 0 atom stereocenters. The zero-order valence-electron chi connectivity index (χ0n) is 12.1. The molecule has 0 radical (unpaired) electrons. The second kappa shape index (κ2) is 5.71. The van der Waals surface area contributed by atoms with E-state index in [0.717, 1.165) is 28.6 Å². The smallest absolute Gasteiger partial charge is 0.212 e. The largest absolute Gasteiger partial charge is 0.497 e. The van der Waals surface area contributed by atoms with Gasteiger partial charge in [-0.1, -0.05) is 18.2 Å². The van der Waals surface area contributed by atoms with E-state index in [0.29, 0.717) is 0 Å². The summed E-state index contributed by atoms with van der Waals surface area (Å²) in [5.41, 5.74) is 3.21. The lowest BCUT2D eigenvalue weighted by Gasteiger charge is -2.13. The Morgan fingerprint density at radius 1 is 1.10 bits per heavy atom. The molecule has 0 aliphatic carbocycles. The first kappa shape index (κ1) is 13.2. The van der Waals surface area contributed by atoms with E-state index in [4.69, 9.17) is 4.74 Å². The van der Waals surface area contributed by atoms with Crippen LogP contribution in [0.4, 0.5) is 11.6 Å². The minimum atomic E-state index is 0.787. The number of nitrogens with one attached hydrogen (secondary N) is 1. The van der Waals surface area contributed by atoms with Gasteiger partial charge in [-0.2, -0.15) is 0 Å². The van der Waals surface area contributed by atoms with E-state index >= 15 is 0 Å². The molecule has 0 unspecified atom stereocenters. The van der Waals surface area contributed by atoms with Crippen LogP contribution < -0.4 is 10.1 Å². The summed E-state index contributed by atoms with van der Waals surface area (Å²) in [6, 6.07) is 16.0. The predicted octanol–water partition coefficient (Wildman–Crippen LogP) is 3.93. The van der Waals surface area contributed by atoms with Crippen LogP contribution in [0.1, 0.15) is 5.56 Å². The van der Waals surface area contributed by atoms with Crippen molar-refractivity contribution in [2.45, 2.75) is 6.92 Å². The maximum atomic E-state index is 5.25. The Bertz CT molecular complexity index is 735. The molecule has 3 rings (SSSR count). The quantitative estimate of drug-likeness (QED) is 0.786. The number of benzene rings is 2. The highest BCUT2D eigenvalue weighted by atomic mass is 16.5. The molecule has 0 saturated carbocycles. The lowest BCUT2D eigenvalue weighted by molar-refractivity contribution is 0.414. The zero-order valence-corrected chi connectivity index (χ0v) is 12.1. The van der Waals surface area contributed by atoms with E-state index in [9.17, 15) is 0 Å². The Balaban J connectivity index is 1.95. The van der Waals surface area contributed by atoms with Crippen LogP contribution >= 0.6 is 0 Å². The number of hydrogen-bond acceptors (Lipinski definition) is 3. The molecule has 0 aliphatic heterocycles. The molecule has 21 heavy (non-hydrogen) atoms. The molecular weight excluding hydrogens is 262 g/mol. The zero-order chi connectivity index (χ0) is 14.7. The van der Waals surface area contributed by atoms with E-state index in [2.05, 4.69) is 17.2 Å². The molecule has 2 aromatic carbocycles. The third-order valence-electron chi connectivity index (χ3n) is 3.33. The minimum absolute atomic E-state index is 0.787. The number of anilines is 2. The van der Waals surface area contributed by atoms with Crippen molar-refractivity contribution >= 4 is 11.6 Å². The highest BCUT2D eigenvalue weighted by Gasteiger charge is 2.08. The van der Waals surface area contributed by atoms with Crippen LogP contribution in [0.3, 0.4) is 0 Å². The molecule has 0 aliphatic rings. The van der Waals surface area contributed by atoms with Crippen LogP contribution in [0, 0.1) is 6.92 Å². The number of hydrogen-bond donors (Lipinski definition) is 1. The maximum absolute atomic E-state index is 5.25. The average Bonchev–Trinajstić information content (AvgIpc) is 2.96. The van der Waals surface area contributed by atoms with Gasteiger partial charge in [-0.05, 0) is 42.8 Å². The van der Waals surface area contributed by atoms with E-state index < -0.39 is 0 Å². The van der Waals surface area contributed by atoms with Gasteiger partial charge >= 0.3 is 0 Å². The van der Waals surface area contributed by atoms with Crippen molar-refractivity contribution in [2.24, 2.45) is 0 Å². The summed E-state index contributed by atoms with van der Waals surface area (Å²) in [7, 11) is 1.67. The van der Waals surface area contributed by atoms with Crippen LogP contribution in [0.25, 0.3) is 5.69 Å². The molecule has 106 valence electrons. The first-order chi connectivity index (χ1) is 10.3. The number of methoxy groups -OCH3 is 1. The summed E-state index contributed by atoms with van der Waals surface area (Å²) in [6.07, 6.45) is 3.73. The van der Waals surface area contributed by atoms with Gasteiger partial charge in [0.25, 0.3) is 0 Å². The molecule has 0 fully saturated rings. The molecule has 1 heterocycles. The number of ether oxygens (including phenoxy) is 1. The van der Waals surface area contributed by atoms with Gasteiger partial charge < -0.3 is 10.1 Å². The van der Waals surface area contributed by atoms with Crippen molar-refractivity contribution in [3.8, 4) is 11.4 Å². The summed E-state index contributed by atoms with van der Waals surface area (Å²) >= 11 is 0. The topological polar surface area (TPSA) is 39.1 Å². The van der Waals surface area contributed by atoms with Crippen molar-refractivity contribution in [1.82, 2.24) is 9.55 Å². The van der Waals surface area contributed by atoms with E-state index in [1.807, 2.05) is 59.3 Å². The second-order valence-corrected chi connectivity index (χ2v) is 4.76. The fourth-order valence-corrected chi connectivity index (χ4v) is 2.27. The van der Waals surface area contributed by atoms with Gasteiger partial charge in [0.2, 0.25) is 5.95 Å². The third kappa shape index (κ3) is 2.74. The molecule has 0 bridgehead atoms. The monoisotopic (exact) mass is 279 g/mol. The normalized spacial score (nSPS) is 10.4. The van der Waals surface area contributed by atoms with Crippen molar-refractivity contribution in [3.63, 3.8) is 0 Å². The Morgan fingerprint density at radius 2 is 1.90 bits per heavy atom. The highest BCUT2D eigenvalue weighted by Crippen LogP contribution is 2.24. The van der Waals surface area contributed by atoms with Crippen LogP contribution in [-0.4, -0.2) is 16.7 Å².